The van der Waals surface area contributed by atoms with Gasteiger partial charge in [0.2, 0.25) is 5.91 Å². The molecule has 1 rings (SSSR count). The minimum absolute atomic E-state index is 0.0275. The monoisotopic (exact) mass is 241 g/mol. The first-order valence-electron chi connectivity index (χ1n) is 6.64. The van der Waals surface area contributed by atoms with Crippen molar-refractivity contribution in [1.29, 1.82) is 0 Å². The molecule has 1 N–H and O–H groups in total. The SMILES string of the molecule is CCCC(=O)OC1CCC(C(=O)NCC)CC1. The number of carbonyl (C=O) groups is 2. The number of rotatable bonds is 5. The van der Waals surface area contributed by atoms with Gasteiger partial charge >= 0.3 is 5.97 Å². The van der Waals surface area contributed by atoms with Crippen LogP contribution >= 0.6 is 0 Å². The van der Waals surface area contributed by atoms with Crippen molar-refractivity contribution in [3.05, 3.63) is 0 Å². The van der Waals surface area contributed by atoms with Gasteiger partial charge in [0.1, 0.15) is 6.10 Å². The number of amides is 1. The zero-order chi connectivity index (χ0) is 12.7. The highest BCUT2D eigenvalue weighted by Gasteiger charge is 2.27. The van der Waals surface area contributed by atoms with Crippen molar-refractivity contribution < 1.29 is 14.3 Å². The lowest BCUT2D eigenvalue weighted by Gasteiger charge is -2.27. The Morgan fingerprint density at radius 1 is 1.18 bits per heavy atom. The molecule has 1 saturated carbocycles. The molecule has 98 valence electrons. The number of hydrogen-bond donors (Lipinski definition) is 1. The largest absolute Gasteiger partial charge is 0.462 e. The van der Waals surface area contributed by atoms with E-state index in [1.54, 1.807) is 0 Å². The van der Waals surface area contributed by atoms with E-state index in [1.165, 1.54) is 0 Å². The predicted molar refractivity (Wildman–Crippen MR) is 65.4 cm³/mol. The molecule has 0 aromatic carbocycles. The molecular formula is C13H23NO3. The van der Waals surface area contributed by atoms with E-state index in [4.69, 9.17) is 4.74 Å². The zero-order valence-corrected chi connectivity index (χ0v) is 10.8. The van der Waals surface area contributed by atoms with Crippen LogP contribution in [-0.2, 0) is 14.3 Å². The fourth-order valence-corrected chi connectivity index (χ4v) is 2.21. The van der Waals surface area contributed by atoms with Crippen LogP contribution < -0.4 is 5.32 Å². The summed E-state index contributed by atoms with van der Waals surface area (Å²) in [5.41, 5.74) is 0. The van der Waals surface area contributed by atoms with E-state index in [-0.39, 0.29) is 23.9 Å². The maximum atomic E-state index is 11.6. The molecule has 4 heteroatoms. The van der Waals surface area contributed by atoms with Crippen LogP contribution in [0, 0.1) is 5.92 Å². The van der Waals surface area contributed by atoms with E-state index >= 15 is 0 Å². The van der Waals surface area contributed by atoms with Crippen LogP contribution in [0.25, 0.3) is 0 Å². The van der Waals surface area contributed by atoms with Gasteiger partial charge in [-0.25, -0.2) is 0 Å². The van der Waals surface area contributed by atoms with Gasteiger partial charge in [-0.1, -0.05) is 6.92 Å². The first kappa shape index (κ1) is 14.0. The third-order valence-corrected chi connectivity index (χ3v) is 3.15. The maximum absolute atomic E-state index is 11.6. The van der Waals surface area contributed by atoms with Crippen LogP contribution in [0.4, 0.5) is 0 Å². The van der Waals surface area contributed by atoms with Crippen molar-refractivity contribution in [1.82, 2.24) is 5.32 Å². The van der Waals surface area contributed by atoms with E-state index in [9.17, 15) is 9.59 Å². The van der Waals surface area contributed by atoms with Gasteiger partial charge in [-0.3, -0.25) is 9.59 Å². The first-order chi connectivity index (χ1) is 8.17. The number of esters is 1. The second-order valence-electron chi connectivity index (χ2n) is 4.61. The Labute approximate surface area is 103 Å². The summed E-state index contributed by atoms with van der Waals surface area (Å²) in [7, 11) is 0. The highest BCUT2D eigenvalue weighted by atomic mass is 16.5. The highest BCUT2D eigenvalue weighted by Crippen LogP contribution is 2.26. The summed E-state index contributed by atoms with van der Waals surface area (Å²) in [5.74, 6) is 0.149. The number of carbonyl (C=O) groups excluding carboxylic acids is 2. The van der Waals surface area contributed by atoms with Gasteiger partial charge in [0.25, 0.3) is 0 Å². The first-order valence-corrected chi connectivity index (χ1v) is 6.64. The molecule has 1 amide bonds. The molecule has 17 heavy (non-hydrogen) atoms. The Balaban J connectivity index is 2.26. The fourth-order valence-electron chi connectivity index (χ4n) is 2.21. The summed E-state index contributed by atoms with van der Waals surface area (Å²) in [4.78, 5) is 22.9. The summed E-state index contributed by atoms with van der Waals surface area (Å²) in [6.07, 6.45) is 4.64. The van der Waals surface area contributed by atoms with Crippen molar-refractivity contribution in [2.24, 2.45) is 5.92 Å². The highest BCUT2D eigenvalue weighted by molar-refractivity contribution is 5.78. The second-order valence-corrected chi connectivity index (χ2v) is 4.61. The predicted octanol–water partition coefficient (Wildman–Crippen LogP) is 2.02. The molecule has 1 aliphatic rings. The zero-order valence-electron chi connectivity index (χ0n) is 10.8. The number of ether oxygens (including phenoxy) is 1. The minimum Gasteiger partial charge on any atom is -0.462 e. The molecule has 4 nitrogen and oxygen atoms in total. The average Bonchev–Trinajstić information content (AvgIpc) is 2.30. The molecule has 1 fully saturated rings. The summed E-state index contributed by atoms with van der Waals surface area (Å²) >= 11 is 0. The second kappa shape index (κ2) is 7.30. The Morgan fingerprint density at radius 3 is 2.35 bits per heavy atom. The van der Waals surface area contributed by atoms with Crippen molar-refractivity contribution in [2.75, 3.05) is 6.54 Å². The smallest absolute Gasteiger partial charge is 0.306 e. The van der Waals surface area contributed by atoms with E-state index in [0.717, 1.165) is 32.1 Å². The van der Waals surface area contributed by atoms with Crippen molar-refractivity contribution in [2.45, 2.75) is 58.5 Å². The van der Waals surface area contributed by atoms with Gasteiger partial charge in [-0.05, 0) is 39.0 Å². The van der Waals surface area contributed by atoms with Crippen molar-refractivity contribution in [3.63, 3.8) is 0 Å². The lowest BCUT2D eigenvalue weighted by molar-refractivity contribution is -0.151. The van der Waals surface area contributed by atoms with Crippen LogP contribution in [0.15, 0.2) is 0 Å². The molecule has 0 heterocycles. The summed E-state index contributed by atoms with van der Waals surface area (Å²) < 4.78 is 5.35. The van der Waals surface area contributed by atoms with E-state index in [1.807, 2.05) is 13.8 Å². The van der Waals surface area contributed by atoms with Gasteiger partial charge in [0.05, 0.1) is 0 Å². The van der Waals surface area contributed by atoms with Gasteiger partial charge in [-0.15, -0.1) is 0 Å². The number of hydrogen-bond acceptors (Lipinski definition) is 3. The maximum Gasteiger partial charge on any atom is 0.306 e. The summed E-state index contributed by atoms with van der Waals surface area (Å²) in [5, 5.41) is 2.84. The Bertz CT molecular complexity index is 257. The topological polar surface area (TPSA) is 55.4 Å². The van der Waals surface area contributed by atoms with Gasteiger partial charge in [0, 0.05) is 18.9 Å². The molecule has 0 aromatic heterocycles. The average molecular weight is 241 g/mol. The molecule has 0 atom stereocenters. The minimum atomic E-state index is -0.103. The van der Waals surface area contributed by atoms with Crippen molar-refractivity contribution >= 4 is 11.9 Å². The Hall–Kier alpha value is -1.06. The summed E-state index contributed by atoms with van der Waals surface area (Å²) in [6, 6.07) is 0. The molecular weight excluding hydrogens is 218 g/mol. The van der Waals surface area contributed by atoms with Gasteiger partial charge < -0.3 is 10.1 Å². The van der Waals surface area contributed by atoms with Crippen LogP contribution in [-0.4, -0.2) is 24.5 Å². The molecule has 0 aromatic rings. The van der Waals surface area contributed by atoms with Crippen LogP contribution in [0.2, 0.25) is 0 Å². The van der Waals surface area contributed by atoms with Crippen molar-refractivity contribution in [3.8, 4) is 0 Å². The molecule has 0 aliphatic heterocycles. The molecule has 0 saturated heterocycles. The third kappa shape index (κ3) is 4.75. The lowest BCUT2D eigenvalue weighted by atomic mass is 9.87. The Morgan fingerprint density at radius 2 is 1.82 bits per heavy atom. The van der Waals surface area contributed by atoms with Crippen LogP contribution in [0.1, 0.15) is 52.4 Å². The molecule has 0 unspecified atom stereocenters. The van der Waals surface area contributed by atoms with E-state index < -0.39 is 0 Å². The molecule has 1 aliphatic carbocycles. The molecule has 0 radical (unpaired) electrons. The normalized spacial score (nSPS) is 24.1. The third-order valence-electron chi connectivity index (χ3n) is 3.15. The molecule has 0 bridgehead atoms. The number of nitrogens with one attached hydrogen (secondary N) is 1. The summed E-state index contributed by atoms with van der Waals surface area (Å²) in [6.45, 7) is 4.58. The van der Waals surface area contributed by atoms with Crippen LogP contribution in [0.3, 0.4) is 0 Å². The lowest BCUT2D eigenvalue weighted by Crippen LogP contribution is -2.35. The van der Waals surface area contributed by atoms with Crippen LogP contribution in [0.5, 0.6) is 0 Å². The van der Waals surface area contributed by atoms with Gasteiger partial charge in [-0.2, -0.15) is 0 Å². The fraction of sp³-hybridized carbons (Fsp3) is 0.846. The molecule has 0 spiro atoms. The van der Waals surface area contributed by atoms with E-state index in [2.05, 4.69) is 5.32 Å². The van der Waals surface area contributed by atoms with E-state index in [0.29, 0.717) is 13.0 Å². The quantitative estimate of drug-likeness (QED) is 0.749. The standard InChI is InChI=1S/C13H23NO3/c1-3-5-12(15)17-11-8-6-10(7-9-11)13(16)14-4-2/h10-11H,3-9H2,1-2H3,(H,14,16). The van der Waals surface area contributed by atoms with Gasteiger partial charge in [0.15, 0.2) is 0 Å². The Kier molecular flexibility index (Phi) is 6.01.